The highest BCUT2D eigenvalue weighted by molar-refractivity contribution is 8.18. The van der Waals surface area contributed by atoms with Crippen LogP contribution in [0.4, 0.5) is 4.79 Å². The summed E-state index contributed by atoms with van der Waals surface area (Å²) in [4.78, 5) is 48.7. The fourth-order valence-electron chi connectivity index (χ4n) is 2.87. The number of amides is 2. The molecule has 2 aromatic rings. The third-order valence-corrected chi connectivity index (χ3v) is 5.44. The lowest BCUT2D eigenvalue weighted by atomic mass is 10.1. The number of carboxylic acid groups (broad SMARTS) is 1. The van der Waals surface area contributed by atoms with Crippen LogP contribution in [-0.4, -0.2) is 46.2 Å². The summed E-state index contributed by atoms with van der Waals surface area (Å²) >= 11 is 0.740. The first-order chi connectivity index (χ1) is 14.8. The van der Waals surface area contributed by atoms with Gasteiger partial charge in [-0.05, 0) is 48.5 Å². The third-order valence-electron chi connectivity index (χ3n) is 4.55. The zero-order valence-corrected chi connectivity index (χ0v) is 17.5. The molecule has 0 spiro atoms. The minimum absolute atomic E-state index is 0.169. The number of hydrogen-bond acceptors (Lipinski definition) is 7. The van der Waals surface area contributed by atoms with Crippen LogP contribution < -0.4 is 4.74 Å². The summed E-state index contributed by atoms with van der Waals surface area (Å²) in [6, 6.07) is 12.3. The highest BCUT2D eigenvalue weighted by Gasteiger charge is 2.41. The number of carbonyl (C=O) groups is 4. The van der Waals surface area contributed by atoms with E-state index in [2.05, 4.69) is 4.74 Å². The molecule has 3 rings (SSSR count). The van der Waals surface area contributed by atoms with Crippen LogP contribution in [0.2, 0.25) is 0 Å². The van der Waals surface area contributed by atoms with Crippen molar-refractivity contribution in [3.63, 3.8) is 0 Å². The Kier molecular flexibility index (Phi) is 6.76. The Morgan fingerprint density at radius 1 is 1.13 bits per heavy atom. The first-order valence-corrected chi connectivity index (χ1v) is 10.0. The normalized spacial score (nSPS) is 15.8. The van der Waals surface area contributed by atoms with Gasteiger partial charge in [0.2, 0.25) is 0 Å². The molecule has 2 aromatic carbocycles. The van der Waals surface area contributed by atoms with Crippen LogP contribution in [-0.2, 0) is 20.9 Å². The molecule has 1 heterocycles. The van der Waals surface area contributed by atoms with Crippen molar-refractivity contribution >= 4 is 40.9 Å². The number of nitrogens with zero attached hydrogens (tertiary/aromatic N) is 1. The summed E-state index contributed by atoms with van der Waals surface area (Å²) < 4.78 is 10.5. The van der Waals surface area contributed by atoms with Gasteiger partial charge < -0.3 is 14.6 Å². The number of thioether (sulfide) groups is 1. The van der Waals surface area contributed by atoms with Gasteiger partial charge in [-0.1, -0.05) is 30.3 Å². The summed E-state index contributed by atoms with van der Waals surface area (Å²) in [5, 5.41) is 8.42. The number of ether oxygens (including phenoxy) is 2. The Hall–Kier alpha value is -3.59. The van der Waals surface area contributed by atoms with E-state index >= 15 is 0 Å². The van der Waals surface area contributed by atoms with E-state index < -0.39 is 29.1 Å². The summed E-state index contributed by atoms with van der Waals surface area (Å²) in [5.41, 5.74) is 1.54. The van der Waals surface area contributed by atoms with Gasteiger partial charge in [0.1, 0.15) is 18.4 Å². The van der Waals surface area contributed by atoms with Crippen LogP contribution in [0.5, 0.6) is 5.75 Å². The molecule has 1 unspecified atom stereocenters. The van der Waals surface area contributed by atoms with Crippen molar-refractivity contribution < 1.29 is 33.8 Å². The van der Waals surface area contributed by atoms with Gasteiger partial charge in [0.25, 0.3) is 11.1 Å². The topological polar surface area (TPSA) is 110 Å². The summed E-state index contributed by atoms with van der Waals surface area (Å²) in [7, 11) is 1.19. The molecule has 0 radical (unpaired) electrons. The lowest BCUT2D eigenvalue weighted by Crippen LogP contribution is -2.42. The molecule has 1 fully saturated rings. The monoisotopic (exact) mass is 441 g/mol. The molecule has 1 saturated heterocycles. The molecule has 1 N–H and O–H groups in total. The van der Waals surface area contributed by atoms with Gasteiger partial charge in [-0.3, -0.25) is 14.5 Å². The molecule has 0 aromatic heterocycles. The van der Waals surface area contributed by atoms with Crippen LogP contribution in [0.3, 0.4) is 0 Å². The van der Waals surface area contributed by atoms with Crippen LogP contribution in [0.15, 0.2) is 53.4 Å². The third kappa shape index (κ3) is 4.95. The number of esters is 1. The molecular formula is C22H19NO7S. The highest BCUT2D eigenvalue weighted by atomic mass is 32.2. The molecule has 1 aliphatic heterocycles. The minimum atomic E-state index is -1.02. The standard InChI is InChI=1S/C22H19NO7S/c1-13(21(27)29-2)23-19(24)18(31-22(23)28)11-16-5-3-4-6-17(16)30-12-14-7-9-15(10-8-14)20(25)26/h3-11,13H,12H2,1-2H3,(H,25,26). The number of carboxylic acids is 1. The first-order valence-electron chi connectivity index (χ1n) is 9.20. The van der Waals surface area contributed by atoms with E-state index in [1.807, 2.05) is 0 Å². The largest absolute Gasteiger partial charge is 0.488 e. The number of methoxy groups -OCH3 is 1. The Bertz CT molecular complexity index is 1060. The maximum absolute atomic E-state index is 12.7. The van der Waals surface area contributed by atoms with Crippen molar-refractivity contribution in [2.75, 3.05) is 7.11 Å². The quantitative estimate of drug-likeness (QED) is 0.513. The maximum atomic E-state index is 12.7. The van der Waals surface area contributed by atoms with Gasteiger partial charge in [-0.2, -0.15) is 0 Å². The molecule has 0 aliphatic carbocycles. The fourth-order valence-corrected chi connectivity index (χ4v) is 3.77. The number of rotatable bonds is 7. The van der Waals surface area contributed by atoms with E-state index in [1.165, 1.54) is 32.2 Å². The van der Waals surface area contributed by atoms with Crippen LogP contribution in [0, 0.1) is 0 Å². The van der Waals surface area contributed by atoms with E-state index in [4.69, 9.17) is 9.84 Å². The van der Waals surface area contributed by atoms with Gasteiger partial charge >= 0.3 is 11.9 Å². The molecule has 9 heteroatoms. The van der Waals surface area contributed by atoms with Crippen LogP contribution in [0.1, 0.15) is 28.4 Å². The van der Waals surface area contributed by atoms with Gasteiger partial charge in [-0.25, -0.2) is 9.59 Å². The molecule has 2 amide bonds. The van der Waals surface area contributed by atoms with E-state index in [-0.39, 0.29) is 17.1 Å². The number of aromatic carboxylic acids is 1. The SMILES string of the molecule is COC(=O)C(C)N1C(=O)SC(=Cc2ccccc2OCc2ccc(C(=O)O)cc2)C1=O. The summed E-state index contributed by atoms with van der Waals surface area (Å²) in [6.45, 7) is 1.61. The molecule has 1 aliphatic rings. The van der Waals surface area contributed by atoms with E-state index in [1.54, 1.807) is 36.4 Å². The van der Waals surface area contributed by atoms with Crippen LogP contribution in [0.25, 0.3) is 6.08 Å². The van der Waals surface area contributed by atoms with Crippen molar-refractivity contribution in [3.05, 3.63) is 70.1 Å². The van der Waals surface area contributed by atoms with Gasteiger partial charge in [0, 0.05) is 5.56 Å². The van der Waals surface area contributed by atoms with Gasteiger partial charge in [0.05, 0.1) is 17.6 Å². The molecule has 160 valence electrons. The maximum Gasteiger partial charge on any atom is 0.335 e. The predicted octanol–water partition coefficient (Wildman–Crippen LogP) is 3.56. The highest BCUT2D eigenvalue weighted by Crippen LogP contribution is 2.35. The molecule has 0 saturated carbocycles. The van der Waals surface area contributed by atoms with E-state index in [9.17, 15) is 19.2 Å². The summed E-state index contributed by atoms with van der Waals surface area (Å²) in [6.07, 6.45) is 1.54. The van der Waals surface area contributed by atoms with Crippen molar-refractivity contribution in [1.82, 2.24) is 4.90 Å². The number of hydrogen-bond donors (Lipinski definition) is 1. The second-order valence-corrected chi connectivity index (χ2v) is 7.57. The lowest BCUT2D eigenvalue weighted by Gasteiger charge is -2.18. The zero-order chi connectivity index (χ0) is 22.5. The van der Waals surface area contributed by atoms with Crippen molar-refractivity contribution in [2.24, 2.45) is 0 Å². The van der Waals surface area contributed by atoms with Crippen LogP contribution >= 0.6 is 11.8 Å². The average molecular weight is 441 g/mol. The summed E-state index contributed by atoms with van der Waals surface area (Å²) in [5.74, 6) is -1.78. The minimum Gasteiger partial charge on any atom is -0.488 e. The Morgan fingerprint density at radius 2 is 1.81 bits per heavy atom. The average Bonchev–Trinajstić information content (AvgIpc) is 3.05. The van der Waals surface area contributed by atoms with Gasteiger partial charge in [0.15, 0.2) is 0 Å². The Balaban J connectivity index is 1.78. The number of carbonyl (C=O) groups excluding carboxylic acids is 3. The predicted molar refractivity (Wildman–Crippen MR) is 113 cm³/mol. The first kappa shape index (κ1) is 22.1. The zero-order valence-electron chi connectivity index (χ0n) is 16.7. The molecular weight excluding hydrogens is 422 g/mol. The van der Waals surface area contributed by atoms with Crippen molar-refractivity contribution in [1.29, 1.82) is 0 Å². The number of imide groups is 1. The van der Waals surface area contributed by atoms with Crippen molar-refractivity contribution in [3.8, 4) is 5.75 Å². The molecule has 8 nitrogen and oxygen atoms in total. The Labute approximate surface area is 182 Å². The lowest BCUT2D eigenvalue weighted by molar-refractivity contribution is -0.148. The molecule has 31 heavy (non-hydrogen) atoms. The smallest absolute Gasteiger partial charge is 0.335 e. The van der Waals surface area contributed by atoms with Gasteiger partial charge in [-0.15, -0.1) is 0 Å². The van der Waals surface area contributed by atoms with Crippen molar-refractivity contribution in [2.45, 2.75) is 19.6 Å². The van der Waals surface area contributed by atoms with E-state index in [0.717, 1.165) is 22.2 Å². The molecule has 1 atom stereocenters. The Morgan fingerprint density at radius 3 is 2.45 bits per heavy atom. The fraction of sp³-hybridized carbons (Fsp3) is 0.182. The second kappa shape index (κ2) is 9.48. The molecule has 0 bridgehead atoms. The second-order valence-electron chi connectivity index (χ2n) is 6.58. The van der Waals surface area contributed by atoms with E-state index in [0.29, 0.717) is 11.3 Å². The number of benzene rings is 2. The number of para-hydroxylation sites is 1.